The van der Waals surface area contributed by atoms with Gasteiger partial charge in [-0.1, -0.05) is 91.9 Å². The number of hydrogen-bond donors (Lipinski definition) is 0. The number of likely N-dealkylation sites (tertiary alicyclic amines) is 1. The van der Waals surface area contributed by atoms with Gasteiger partial charge < -0.3 is 28.6 Å². The largest absolute Gasteiger partial charge is 0.508 e. The summed E-state index contributed by atoms with van der Waals surface area (Å²) in [6.45, 7) is 17.4. The Morgan fingerprint density at radius 1 is 0.810 bits per heavy atom. The highest BCUT2D eigenvalue weighted by molar-refractivity contribution is 5.69. The lowest BCUT2D eigenvalue weighted by atomic mass is 9.83. The van der Waals surface area contributed by atoms with Gasteiger partial charge in [-0.2, -0.15) is 0 Å². The summed E-state index contributed by atoms with van der Waals surface area (Å²) < 4.78 is 28.0. The van der Waals surface area contributed by atoms with Crippen LogP contribution >= 0.6 is 0 Å². The van der Waals surface area contributed by atoms with Gasteiger partial charge in [0.05, 0.1) is 13.0 Å². The van der Waals surface area contributed by atoms with Crippen LogP contribution < -0.4 is 0 Å². The molecule has 1 aliphatic heterocycles. The van der Waals surface area contributed by atoms with Crippen LogP contribution in [0.15, 0.2) is 0 Å². The van der Waals surface area contributed by atoms with E-state index in [1.807, 2.05) is 0 Å². The quantitative estimate of drug-likeness (QED) is 0.0561. The average Bonchev–Trinajstić information content (AvgIpc) is 2.99. The normalized spacial score (nSPS) is 18.2. The molecule has 1 rings (SSSR count). The summed E-state index contributed by atoms with van der Waals surface area (Å²) in [5.74, 6) is -0.695. The Morgan fingerprint density at radius 3 is 1.98 bits per heavy atom. The third kappa shape index (κ3) is 20.5. The molecule has 0 aromatic heterocycles. The second-order valence-corrected chi connectivity index (χ2v) is 12.4. The summed E-state index contributed by atoms with van der Waals surface area (Å²) >= 11 is 0. The topological polar surface area (TPSA) is 83.5 Å². The minimum atomic E-state index is -0.697. The van der Waals surface area contributed by atoms with E-state index in [1.54, 1.807) is 0 Å². The lowest BCUT2D eigenvalue weighted by Gasteiger charge is -2.39. The number of piperidine rings is 1. The summed E-state index contributed by atoms with van der Waals surface area (Å²) in [6.07, 6.45) is 16.1. The fraction of sp³-hybridized carbons (Fsp3) is 0.912. The summed E-state index contributed by atoms with van der Waals surface area (Å²) in [7, 11) is 0. The molecule has 0 N–H and O–H groups in total. The zero-order valence-corrected chi connectivity index (χ0v) is 27.6. The van der Waals surface area contributed by atoms with E-state index in [-0.39, 0.29) is 36.9 Å². The van der Waals surface area contributed by atoms with Gasteiger partial charge in [-0.05, 0) is 45.7 Å². The first kappa shape index (κ1) is 38.6. The van der Waals surface area contributed by atoms with E-state index in [2.05, 4.69) is 39.5 Å². The number of carbonyl (C=O) groups is 2. The number of unbranched alkanes of at least 4 members (excludes halogenated alkanes) is 10. The van der Waals surface area contributed by atoms with Crippen molar-refractivity contribution in [3.8, 4) is 0 Å². The maximum absolute atomic E-state index is 12.4. The first-order chi connectivity index (χ1) is 20.3. The first-order valence-electron chi connectivity index (χ1n) is 17.1. The molecule has 8 nitrogen and oxygen atoms in total. The molecule has 0 aromatic rings. The Bertz CT molecular complexity index is 658. The number of ether oxygens (including phenoxy) is 5. The summed E-state index contributed by atoms with van der Waals surface area (Å²) in [5.41, 5.74) is -0.0543. The Hall–Kier alpha value is -1.38. The van der Waals surface area contributed by atoms with Gasteiger partial charge in [0, 0.05) is 37.5 Å². The Labute approximate surface area is 257 Å². The van der Waals surface area contributed by atoms with Crippen LogP contribution in [0.3, 0.4) is 0 Å². The van der Waals surface area contributed by atoms with Crippen molar-refractivity contribution in [1.82, 2.24) is 4.90 Å². The van der Waals surface area contributed by atoms with Crippen LogP contribution in [0.2, 0.25) is 0 Å². The van der Waals surface area contributed by atoms with Crippen molar-refractivity contribution < 1.29 is 33.3 Å². The molecule has 0 amide bonds. The molecule has 42 heavy (non-hydrogen) atoms. The SMILES string of the molecule is [CH2]C(COC(=O)CCC(OCCCCCCCC)OCCCCCCCC)COC(=O)OCC1(C)CCCN(CC)C1. The van der Waals surface area contributed by atoms with Gasteiger partial charge >= 0.3 is 12.1 Å². The molecule has 0 saturated carbocycles. The lowest BCUT2D eigenvalue weighted by Crippen LogP contribution is -2.44. The number of nitrogens with zero attached hydrogens (tertiary/aromatic N) is 1. The second kappa shape index (κ2) is 25.0. The number of esters is 1. The lowest BCUT2D eigenvalue weighted by molar-refractivity contribution is -0.160. The van der Waals surface area contributed by atoms with Crippen LogP contribution in [-0.2, 0) is 28.5 Å². The minimum absolute atomic E-state index is 0.0370. The van der Waals surface area contributed by atoms with Crippen molar-refractivity contribution in [2.75, 3.05) is 52.7 Å². The van der Waals surface area contributed by atoms with Crippen molar-refractivity contribution in [3.05, 3.63) is 6.92 Å². The molecule has 2 atom stereocenters. The van der Waals surface area contributed by atoms with E-state index < -0.39 is 12.4 Å². The zero-order valence-electron chi connectivity index (χ0n) is 27.6. The third-order valence-electron chi connectivity index (χ3n) is 7.95. The van der Waals surface area contributed by atoms with Crippen LogP contribution in [0.4, 0.5) is 4.79 Å². The molecule has 0 spiro atoms. The van der Waals surface area contributed by atoms with Crippen LogP contribution in [0.5, 0.6) is 0 Å². The summed E-state index contributed by atoms with van der Waals surface area (Å²) in [5, 5.41) is 0. The first-order valence-corrected chi connectivity index (χ1v) is 17.1. The van der Waals surface area contributed by atoms with Gasteiger partial charge in [-0.15, -0.1) is 0 Å². The predicted molar refractivity (Wildman–Crippen MR) is 168 cm³/mol. The molecule has 1 heterocycles. The van der Waals surface area contributed by atoms with Gasteiger partial charge in [0.25, 0.3) is 0 Å². The van der Waals surface area contributed by atoms with Gasteiger partial charge in [0.2, 0.25) is 0 Å². The van der Waals surface area contributed by atoms with Crippen LogP contribution in [-0.4, -0.2) is 76.0 Å². The molecule has 1 aliphatic rings. The number of rotatable bonds is 26. The highest BCUT2D eigenvalue weighted by atomic mass is 16.7. The minimum Gasteiger partial charge on any atom is -0.465 e. The molecule has 1 radical (unpaired) electrons. The molecule has 247 valence electrons. The van der Waals surface area contributed by atoms with E-state index in [0.29, 0.717) is 26.2 Å². The van der Waals surface area contributed by atoms with Gasteiger partial charge in [0.15, 0.2) is 6.29 Å². The number of hydrogen-bond acceptors (Lipinski definition) is 8. The molecule has 0 aliphatic carbocycles. The van der Waals surface area contributed by atoms with E-state index in [4.69, 9.17) is 23.7 Å². The van der Waals surface area contributed by atoms with Crippen molar-refractivity contribution in [2.24, 2.45) is 11.3 Å². The Kier molecular flexibility index (Phi) is 23.0. The van der Waals surface area contributed by atoms with Crippen molar-refractivity contribution in [2.45, 2.75) is 137 Å². The average molecular weight is 599 g/mol. The van der Waals surface area contributed by atoms with Crippen molar-refractivity contribution in [3.63, 3.8) is 0 Å². The van der Waals surface area contributed by atoms with Gasteiger partial charge in [-0.3, -0.25) is 4.79 Å². The smallest absolute Gasteiger partial charge is 0.465 e. The molecule has 1 saturated heterocycles. The molecule has 0 bridgehead atoms. The predicted octanol–water partition coefficient (Wildman–Crippen LogP) is 8.12. The maximum Gasteiger partial charge on any atom is 0.508 e. The highest BCUT2D eigenvalue weighted by Crippen LogP contribution is 2.29. The summed E-state index contributed by atoms with van der Waals surface area (Å²) in [4.78, 5) is 26.9. The molecular formula is C34H64NO7. The van der Waals surface area contributed by atoms with Crippen LogP contribution in [0.25, 0.3) is 0 Å². The van der Waals surface area contributed by atoms with Gasteiger partial charge in [0.1, 0.15) is 13.2 Å². The van der Waals surface area contributed by atoms with E-state index in [0.717, 1.165) is 58.2 Å². The monoisotopic (exact) mass is 598 g/mol. The van der Waals surface area contributed by atoms with Gasteiger partial charge in [-0.25, -0.2) is 4.79 Å². The summed E-state index contributed by atoms with van der Waals surface area (Å²) in [6, 6.07) is 0. The zero-order chi connectivity index (χ0) is 30.9. The second-order valence-electron chi connectivity index (χ2n) is 12.4. The van der Waals surface area contributed by atoms with Crippen LogP contribution in [0, 0.1) is 18.3 Å². The van der Waals surface area contributed by atoms with Crippen molar-refractivity contribution >= 4 is 12.1 Å². The Morgan fingerprint density at radius 2 is 1.38 bits per heavy atom. The van der Waals surface area contributed by atoms with E-state index in [1.165, 1.54) is 51.4 Å². The highest BCUT2D eigenvalue weighted by Gasteiger charge is 2.32. The molecular weight excluding hydrogens is 534 g/mol. The molecule has 1 fully saturated rings. The van der Waals surface area contributed by atoms with Crippen molar-refractivity contribution in [1.29, 1.82) is 0 Å². The van der Waals surface area contributed by atoms with Crippen LogP contribution in [0.1, 0.15) is 130 Å². The third-order valence-corrected chi connectivity index (χ3v) is 7.95. The van der Waals surface area contributed by atoms with E-state index in [9.17, 15) is 9.59 Å². The fourth-order valence-corrected chi connectivity index (χ4v) is 5.25. The maximum atomic E-state index is 12.4. The molecule has 2 unspecified atom stereocenters. The number of carbonyl (C=O) groups excluding carboxylic acids is 2. The Balaban J connectivity index is 2.27. The van der Waals surface area contributed by atoms with E-state index >= 15 is 0 Å². The molecule has 0 aromatic carbocycles. The fourth-order valence-electron chi connectivity index (χ4n) is 5.25. The molecule has 8 heteroatoms. The standard InChI is InChI=1S/C34H64NO7/c1-6-9-11-13-15-17-24-38-32(39-25-18-16-14-12-10-7-2)21-20-31(36)40-26-30(4)27-41-33(37)42-29-34(5)22-19-23-35(8-3)28-34/h30,32H,4,6-29H2,1-3,5H3.